The fraction of sp³-hybridized carbons (Fsp3) is 0. The number of fused-ring (bicyclic) bond motifs is 1. The number of hydrogen-bond acceptors (Lipinski definition) is 2. The lowest BCUT2D eigenvalue weighted by Crippen LogP contribution is -2.18. The largest absolute Gasteiger partial charge is 0.298 e. The molecule has 0 saturated carbocycles. The van der Waals surface area contributed by atoms with E-state index in [0.717, 1.165) is 11.7 Å². The van der Waals surface area contributed by atoms with Gasteiger partial charge in [-0.25, -0.2) is 0 Å². The fourth-order valence-electron chi connectivity index (χ4n) is 2.23. The Morgan fingerprint density at radius 1 is 1.00 bits per heavy atom. The third-order valence-corrected chi connectivity index (χ3v) is 3.91. The van der Waals surface area contributed by atoms with Gasteiger partial charge < -0.3 is 0 Å². The topological polar surface area (TPSA) is 39.1 Å². The molecule has 3 nitrogen and oxygen atoms in total. The third kappa shape index (κ3) is 1.98. The van der Waals surface area contributed by atoms with Gasteiger partial charge in [0.05, 0.1) is 11.3 Å². The summed E-state index contributed by atoms with van der Waals surface area (Å²) >= 11 is 3.33. The number of aromatic nitrogens is 1. The molecule has 0 spiro atoms. The molecule has 0 aliphatic rings. The highest BCUT2D eigenvalue weighted by molar-refractivity contribution is 9.10. The summed E-state index contributed by atoms with van der Waals surface area (Å²) in [5, 5.41) is 1.52. The first kappa shape index (κ1) is 12.8. The third-order valence-electron chi connectivity index (χ3n) is 3.22. The van der Waals surface area contributed by atoms with Crippen LogP contribution in [-0.4, -0.2) is 10.9 Å². The van der Waals surface area contributed by atoms with Crippen molar-refractivity contribution in [3.05, 3.63) is 75.1 Å². The van der Waals surface area contributed by atoms with E-state index in [2.05, 4.69) is 15.9 Å². The molecule has 1 aromatic heterocycles. The van der Waals surface area contributed by atoms with E-state index >= 15 is 0 Å². The lowest BCUT2D eigenvalue weighted by Gasteiger charge is -2.10. The number of pyridine rings is 1. The van der Waals surface area contributed by atoms with Crippen LogP contribution in [0.5, 0.6) is 0 Å². The number of aldehydes is 1. The Balaban J connectivity index is 2.36. The fourth-order valence-corrected chi connectivity index (χ4v) is 2.68. The van der Waals surface area contributed by atoms with Crippen molar-refractivity contribution in [3.63, 3.8) is 0 Å². The Hall–Kier alpha value is -2.20. The predicted molar refractivity (Wildman–Crippen MR) is 82.6 cm³/mol. The highest BCUT2D eigenvalue weighted by atomic mass is 79.9. The maximum absolute atomic E-state index is 12.5. The lowest BCUT2D eigenvalue weighted by atomic mass is 10.1. The predicted octanol–water partition coefficient (Wildman–Crippen LogP) is 3.57. The van der Waals surface area contributed by atoms with E-state index in [1.54, 1.807) is 30.5 Å². The van der Waals surface area contributed by atoms with E-state index in [4.69, 9.17) is 0 Å². The van der Waals surface area contributed by atoms with Gasteiger partial charge in [0, 0.05) is 16.1 Å². The van der Waals surface area contributed by atoms with Gasteiger partial charge in [0.2, 0.25) is 0 Å². The van der Waals surface area contributed by atoms with Crippen LogP contribution in [0.15, 0.2) is 64.0 Å². The van der Waals surface area contributed by atoms with E-state index in [1.165, 1.54) is 4.57 Å². The summed E-state index contributed by atoms with van der Waals surface area (Å²) in [5.74, 6) is 0. The van der Waals surface area contributed by atoms with Crippen molar-refractivity contribution < 1.29 is 4.79 Å². The number of hydrogen-bond donors (Lipinski definition) is 0. The Morgan fingerprint density at radius 2 is 1.80 bits per heavy atom. The zero-order valence-corrected chi connectivity index (χ0v) is 12.0. The molecule has 0 radical (unpaired) electrons. The summed E-state index contributed by atoms with van der Waals surface area (Å²) in [4.78, 5) is 23.8. The molecule has 20 heavy (non-hydrogen) atoms. The van der Waals surface area contributed by atoms with Crippen molar-refractivity contribution in [1.82, 2.24) is 4.57 Å². The first-order valence-electron chi connectivity index (χ1n) is 6.07. The van der Waals surface area contributed by atoms with Crippen LogP contribution in [0, 0.1) is 0 Å². The Bertz CT molecular complexity index is 868. The van der Waals surface area contributed by atoms with E-state index in [9.17, 15) is 9.59 Å². The Labute approximate surface area is 123 Å². The van der Waals surface area contributed by atoms with E-state index in [1.807, 2.05) is 24.3 Å². The molecule has 0 saturated heterocycles. The molecule has 3 aromatic rings. The van der Waals surface area contributed by atoms with E-state index in [0.29, 0.717) is 21.1 Å². The van der Waals surface area contributed by atoms with Crippen molar-refractivity contribution in [2.45, 2.75) is 0 Å². The second kappa shape index (κ2) is 5.06. The standard InChI is InChI=1S/C16H10BrNO2/c17-14-6-3-7-15(13(14)10-19)18-9-8-11-4-1-2-5-12(11)16(18)20/h1-10H. The van der Waals surface area contributed by atoms with Crippen LogP contribution >= 0.6 is 15.9 Å². The van der Waals surface area contributed by atoms with Gasteiger partial charge in [-0.3, -0.25) is 14.2 Å². The summed E-state index contributed by atoms with van der Waals surface area (Å²) < 4.78 is 2.17. The average molecular weight is 328 g/mol. The number of carbonyl (C=O) groups is 1. The van der Waals surface area contributed by atoms with Crippen LogP contribution < -0.4 is 5.56 Å². The smallest absolute Gasteiger partial charge is 0.262 e. The SMILES string of the molecule is O=Cc1c(Br)cccc1-n1ccc2ccccc2c1=O. The van der Waals surface area contributed by atoms with Gasteiger partial charge in [-0.05, 0) is 45.6 Å². The van der Waals surface area contributed by atoms with Gasteiger partial charge in [0.15, 0.2) is 6.29 Å². The van der Waals surface area contributed by atoms with Crippen LogP contribution in [-0.2, 0) is 0 Å². The monoisotopic (exact) mass is 327 g/mol. The molecule has 3 rings (SSSR count). The Morgan fingerprint density at radius 3 is 2.60 bits per heavy atom. The van der Waals surface area contributed by atoms with E-state index < -0.39 is 0 Å². The molecule has 2 aromatic carbocycles. The highest BCUT2D eigenvalue weighted by Crippen LogP contribution is 2.21. The minimum absolute atomic E-state index is 0.135. The average Bonchev–Trinajstić information content (AvgIpc) is 2.48. The molecular formula is C16H10BrNO2. The molecule has 0 unspecified atom stereocenters. The number of benzene rings is 2. The number of carbonyl (C=O) groups excluding carboxylic acids is 1. The van der Waals surface area contributed by atoms with Crippen molar-refractivity contribution in [1.29, 1.82) is 0 Å². The molecule has 0 fully saturated rings. The quantitative estimate of drug-likeness (QED) is 0.675. The molecule has 0 aliphatic heterocycles. The molecule has 4 heteroatoms. The van der Waals surface area contributed by atoms with Gasteiger partial charge in [0.1, 0.15) is 0 Å². The minimum atomic E-state index is -0.135. The number of rotatable bonds is 2. The minimum Gasteiger partial charge on any atom is -0.298 e. The van der Waals surface area contributed by atoms with Crippen molar-refractivity contribution in [2.24, 2.45) is 0 Å². The normalized spacial score (nSPS) is 10.7. The van der Waals surface area contributed by atoms with Crippen LogP contribution in [0.4, 0.5) is 0 Å². The molecule has 0 atom stereocenters. The van der Waals surface area contributed by atoms with Crippen LogP contribution in [0.3, 0.4) is 0 Å². The first-order valence-corrected chi connectivity index (χ1v) is 6.86. The number of halogens is 1. The zero-order chi connectivity index (χ0) is 14.1. The first-order chi connectivity index (χ1) is 9.72. The molecule has 98 valence electrons. The second-order valence-corrected chi connectivity index (χ2v) is 5.22. The summed E-state index contributed by atoms with van der Waals surface area (Å²) in [6, 6.07) is 14.6. The van der Waals surface area contributed by atoms with Crippen molar-refractivity contribution >= 4 is 33.0 Å². The van der Waals surface area contributed by atoms with Crippen LogP contribution in [0.25, 0.3) is 16.5 Å². The maximum Gasteiger partial charge on any atom is 0.262 e. The molecule has 0 amide bonds. The van der Waals surface area contributed by atoms with Crippen molar-refractivity contribution in [2.75, 3.05) is 0 Å². The molecule has 0 N–H and O–H groups in total. The zero-order valence-electron chi connectivity index (χ0n) is 10.4. The maximum atomic E-state index is 12.5. The van der Waals surface area contributed by atoms with Crippen LogP contribution in [0.1, 0.15) is 10.4 Å². The number of nitrogens with zero attached hydrogens (tertiary/aromatic N) is 1. The van der Waals surface area contributed by atoms with Gasteiger partial charge in [0.25, 0.3) is 5.56 Å². The van der Waals surface area contributed by atoms with Crippen LogP contribution in [0.2, 0.25) is 0 Å². The second-order valence-electron chi connectivity index (χ2n) is 4.37. The van der Waals surface area contributed by atoms with Gasteiger partial charge in [-0.15, -0.1) is 0 Å². The van der Waals surface area contributed by atoms with E-state index in [-0.39, 0.29) is 5.56 Å². The summed E-state index contributed by atoms with van der Waals surface area (Å²) in [5.41, 5.74) is 0.902. The van der Waals surface area contributed by atoms with Gasteiger partial charge >= 0.3 is 0 Å². The van der Waals surface area contributed by atoms with Gasteiger partial charge in [-0.2, -0.15) is 0 Å². The summed E-state index contributed by atoms with van der Waals surface area (Å²) in [6.45, 7) is 0. The lowest BCUT2D eigenvalue weighted by molar-refractivity contribution is 0.112. The molecule has 0 aliphatic carbocycles. The summed E-state index contributed by atoms with van der Waals surface area (Å²) in [7, 11) is 0. The molecule has 0 bridgehead atoms. The highest BCUT2D eigenvalue weighted by Gasteiger charge is 2.10. The van der Waals surface area contributed by atoms with Gasteiger partial charge in [-0.1, -0.05) is 24.3 Å². The van der Waals surface area contributed by atoms with Crippen molar-refractivity contribution in [3.8, 4) is 5.69 Å². The Kier molecular flexibility index (Phi) is 3.24. The summed E-state index contributed by atoms with van der Waals surface area (Å²) in [6.07, 6.45) is 2.44. The molecule has 1 heterocycles. The molecular weight excluding hydrogens is 318 g/mol.